The van der Waals surface area contributed by atoms with E-state index >= 15 is 0 Å². The Balaban J connectivity index is 1.55. The molecular formula is C20H22ClN5O2. The van der Waals surface area contributed by atoms with Gasteiger partial charge >= 0.3 is 0 Å². The number of nitrogens with zero attached hydrogens (tertiary/aromatic N) is 3. The average molecular weight is 400 g/mol. The van der Waals surface area contributed by atoms with E-state index in [-0.39, 0.29) is 0 Å². The van der Waals surface area contributed by atoms with E-state index in [1.807, 2.05) is 50.2 Å². The summed E-state index contributed by atoms with van der Waals surface area (Å²) in [6.07, 6.45) is 1.56. The molecule has 0 saturated carbocycles. The number of rotatable bonds is 8. The first kappa shape index (κ1) is 19.7. The topological polar surface area (TPSA) is 81.2 Å². The largest absolute Gasteiger partial charge is 0.497 e. The maximum Gasteiger partial charge on any atom is 0.249 e. The third-order valence-electron chi connectivity index (χ3n) is 3.96. The van der Waals surface area contributed by atoms with Gasteiger partial charge in [0.25, 0.3) is 0 Å². The fourth-order valence-corrected chi connectivity index (χ4v) is 3.02. The minimum Gasteiger partial charge on any atom is -0.497 e. The van der Waals surface area contributed by atoms with Crippen molar-refractivity contribution in [1.29, 1.82) is 0 Å². The van der Waals surface area contributed by atoms with Gasteiger partial charge in [-0.05, 0) is 55.3 Å². The Morgan fingerprint density at radius 1 is 1.07 bits per heavy atom. The molecule has 28 heavy (non-hydrogen) atoms. The predicted molar refractivity (Wildman–Crippen MR) is 111 cm³/mol. The minimum absolute atomic E-state index is 0.370. The van der Waals surface area contributed by atoms with E-state index in [1.165, 1.54) is 0 Å². The van der Waals surface area contributed by atoms with Crippen molar-refractivity contribution < 1.29 is 9.47 Å². The number of methoxy groups -OCH3 is 1. The molecular weight excluding hydrogens is 378 g/mol. The van der Waals surface area contributed by atoms with E-state index in [9.17, 15) is 0 Å². The monoisotopic (exact) mass is 399 g/mol. The van der Waals surface area contributed by atoms with Crippen molar-refractivity contribution in [3.05, 3.63) is 58.7 Å². The molecule has 7 nitrogen and oxygen atoms in total. The van der Waals surface area contributed by atoms with Gasteiger partial charge in [0.2, 0.25) is 5.95 Å². The van der Waals surface area contributed by atoms with Crippen LogP contribution in [0.25, 0.3) is 0 Å². The summed E-state index contributed by atoms with van der Waals surface area (Å²) in [5.74, 6) is 2.53. The van der Waals surface area contributed by atoms with Crippen LogP contribution in [-0.2, 0) is 0 Å². The Morgan fingerprint density at radius 2 is 1.82 bits per heavy atom. The maximum atomic E-state index is 6.33. The lowest BCUT2D eigenvalue weighted by atomic mass is 10.1. The molecule has 0 aliphatic rings. The Labute approximate surface area is 169 Å². The van der Waals surface area contributed by atoms with Crippen molar-refractivity contribution in [2.75, 3.05) is 30.9 Å². The number of aryl methyl sites for hydroxylation is 2. The molecule has 0 aliphatic carbocycles. The Kier molecular flexibility index (Phi) is 6.49. The molecule has 3 aromatic rings. The zero-order valence-corrected chi connectivity index (χ0v) is 16.7. The lowest BCUT2D eigenvalue weighted by Crippen LogP contribution is -2.13. The zero-order chi connectivity index (χ0) is 19.9. The molecule has 0 saturated heterocycles. The standard InChI is InChI=1S/C20H22ClN5O2/c1-13-10-14(2)19(17(21)11-13)25-20-24-18(12-23-26-20)22-8-9-28-16-6-4-15(27-3)5-7-16/h4-7,10-12H,8-9H2,1-3H3,(H2,22,24,25,26). The third-order valence-corrected chi connectivity index (χ3v) is 4.26. The van der Waals surface area contributed by atoms with Gasteiger partial charge in [0.05, 0.1) is 30.6 Å². The van der Waals surface area contributed by atoms with Crippen molar-refractivity contribution in [1.82, 2.24) is 15.2 Å². The summed E-state index contributed by atoms with van der Waals surface area (Å²) in [6, 6.07) is 11.4. The smallest absolute Gasteiger partial charge is 0.249 e. The molecule has 0 amide bonds. The van der Waals surface area contributed by atoms with Gasteiger partial charge in [0, 0.05) is 0 Å². The molecule has 0 spiro atoms. The second kappa shape index (κ2) is 9.23. The highest BCUT2D eigenvalue weighted by Gasteiger charge is 2.08. The number of anilines is 3. The summed E-state index contributed by atoms with van der Waals surface area (Å²) in [6.45, 7) is 5.02. The van der Waals surface area contributed by atoms with Crippen LogP contribution in [-0.4, -0.2) is 35.4 Å². The number of aromatic nitrogens is 3. The van der Waals surface area contributed by atoms with Gasteiger partial charge in [-0.3, -0.25) is 0 Å². The average Bonchev–Trinajstić information content (AvgIpc) is 2.69. The lowest BCUT2D eigenvalue weighted by Gasteiger charge is -2.12. The number of ether oxygens (including phenoxy) is 2. The van der Waals surface area contributed by atoms with Gasteiger partial charge in [-0.15, -0.1) is 5.10 Å². The molecule has 2 aromatic carbocycles. The van der Waals surface area contributed by atoms with Crippen LogP contribution in [0.3, 0.4) is 0 Å². The van der Waals surface area contributed by atoms with Crippen molar-refractivity contribution in [2.24, 2.45) is 0 Å². The van der Waals surface area contributed by atoms with Gasteiger partial charge in [-0.1, -0.05) is 17.7 Å². The fraction of sp³-hybridized carbons (Fsp3) is 0.250. The zero-order valence-electron chi connectivity index (χ0n) is 16.0. The first-order valence-corrected chi connectivity index (χ1v) is 9.17. The number of hydrogen-bond donors (Lipinski definition) is 2. The van der Waals surface area contributed by atoms with E-state index in [1.54, 1.807) is 13.3 Å². The summed E-state index contributed by atoms with van der Waals surface area (Å²) >= 11 is 6.33. The Hall–Kier alpha value is -3.06. The van der Waals surface area contributed by atoms with E-state index in [4.69, 9.17) is 21.1 Å². The highest BCUT2D eigenvalue weighted by Crippen LogP contribution is 2.29. The molecule has 0 radical (unpaired) electrons. The van der Waals surface area contributed by atoms with Gasteiger partial charge in [-0.25, -0.2) is 0 Å². The Morgan fingerprint density at radius 3 is 2.54 bits per heavy atom. The summed E-state index contributed by atoms with van der Waals surface area (Å²) in [5, 5.41) is 14.9. The molecule has 0 fully saturated rings. The number of hydrogen-bond acceptors (Lipinski definition) is 7. The van der Waals surface area contributed by atoms with Crippen LogP contribution in [0.4, 0.5) is 17.5 Å². The predicted octanol–water partition coefficient (Wildman–Crippen LogP) is 4.38. The lowest BCUT2D eigenvalue weighted by molar-refractivity contribution is 0.331. The number of nitrogens with one attached hydrogen (secondary N) is 2. The molecule has 0 aliphatic heterocycles. The molecule has 3 rings (SSSR count). The first-order chi connectivity index (χ1) is 13.5. The van der Waals surface area contributed by atoms with Crippen LogP contribution in [0.5, 0.6) is 11.5 Å². The molecule has 1 heterocycles. The van der Waals surface area contributed by atoms with Crippen LogP contribution in [0.2, 0.25) is 5.02 Å². The SMILES string of the molecule is COc1ccc(OCCNc2cnnc(Nc3c(C)cc(C)cc3Cl)n2)cc1. The van der Waals surface area contributed by atoms with Crippen LogP contribution < -0.4 is 20.1 Å². The maximum absolute atomic E-state index is 6.33. The van der Waals surface area contributed by atoms with E-state index in [0.29, 0.717) is 29.9 Å². The quantitative estimate of drug-likeness (QED) is 0.544. The second-order valence-electron chi connectivity index (χ2n) is 6.18. The molecule has 0 bridgehead atoms. The van der Waals surface area contributed by atoms with E-state index in [2.05, 4.69) is 25.8 Å². The summed E-state index contributed by atoms with van der Waals surface area (Å²) in [5.41, 5.74) is 2.88. The first-order valence-electron chi connectivity index (χ1n) is 8.79. The minimum atomic E-state index is 0.370. The highest BCUT2D eigenvalue weighted by molar-refractivity contribution is 6.33. The molecule has 2 N–H and O–H groups in total. The van der Waals surface area contributed by atoms with Gasteiger partial charge in [0.15, 0.2) is 5.82 Å². The van der Waals surface area contributed by atoms with Crippen LogP contribution in [0.15, 0.2) is 42.6 Å². The summed E-state index contributed by atoms with van der Waals surface area (Å²) in [4.78, 5) is 4.41. The molecule has 8 heteroatoms. The van der Waals surface area contributed by atoms with E-state index in [0.717, 1.165) is 28.3 Å². The van der Waals surface area contributed by atoms with Crippen molar-refractivity contribution in [3.63, 3.8) is 0 Å². The highest BCUT2D eigenvalue weighted by atomic mass is 35.5. The summed E-state index contributed by atoms with van der Waals surface area (Å²) in [7, 11) is 1.63. The third kappa shape index (κ3) is 5.23. The van der Waals surface area contributed by atoms with E-state index < -0.39 is 0 Å². The van der Waals surface area contributed by atoms with Crippen molar-refractivity contribution in [3.8, 4) is 11.5 Å². The molecule has 0 atom stereocenters. The van der Waals surface area contributed by atoms with Gasteiger partial charge < -0.3 is 20.1 Å². The van der Waals surface area contributed by atoms with Crippen molar-refractivity contribution >= 4 is 29.1 Å². The van der Waals surface area contributed by atoms with Gasteiger partial charge in [-0.2, -0.15) is 10.1 Å². The second-order valence-corrected chi connectivity index (χ2v) is 6.59. The molecule has 146 valence electrons. The molecule has 0 unspecified atom stereocenters. The Bertz CT molecular complexity index is 911. The number of halogens is 1. The van der Waals surface area contributed by atoms with Gasteiger partial charge in [0.1, 0.15) is 18.1 Å². The summed E-state index contributed by atoms with van der Waals surface area (Å²) < 4.78 is 10.8. The van der Waals surface area contributed by atoms with Crippen LogP contribution in [0, 0.1) is 13.8 Å². The fourth-order valence-electron chi connectivity index (χ4n) is 2.65. The van der Waals surface area contributed by atoms with Crippen LogP contribution >= 0.6 is 11.6 Å². The number of benzene rings is 2. The van der Waals surface area contributed by atoms with Crippen LogP contribution in [0.1, 0.15) is 11.1 Å². The van der Waals surface area contributed by atoms with Crippen molar-refractivity contribution in [2.45, 2.75) is 13.8 Å². The normalized spacial score (nSPS) is 10.4. The molecule has 1 aromatic heterocycles.